The van der Waals surface area contributed by atoms with Crippen molar-refractivity contribution in [2.24, 2.45) is 5.92 Å². The minimum absolute atomic E-state index is 0.0335. The average molecular weight is 812 g/mol. The monoisotopic (exact) mass is 811 g/mol. The summed E-state index contributed by atoms with van der Waals surface area (Å²) in [7, 11) is -2.30. The predicted octanol–water partition coefficient (Wildman–Crippen LogP) is 2.84. The number of carbonyl (C=O) groups is 3. The van der Waals surface area contributed by atoms with Crippen molar-refractivity contribution in [3.63, 3.8) is 0 Å². The van der Waals surface area contributed by atoms with Gasteiger partial charge >= 0.3 is 0 Å². The number of anilines is 1. The Morgan fingerprint density at radius 1 is 1.12 bits per heavy atom. The lowest BCUT2D eigenvalue weighted by atomic mass is 10.0. The Balaban J connectivity index is 1.28. The fourth-order valence-electron chi connectivity index (χ4n) is 5.83. The van der Waals surface area contributed by atoms with Gasteiger partial charge in [0.2, 0.25) is 27.7 Å². The maximum Gasteiger partial charge on any atom is 0.260 e. The maximum absolute atomic E-state index is 14.3. The van der Waals surface area contributed by atoms with Crippen LogP contribution in [-0.4, -0.2) is 92.5 Å². The molecule has 0 radical (unpaired) electrons. The van der Waals surface area contributed by atoms with Crippen LogP contribution in [0.2, 0.25) is 5.02 Å². The number of carbonyl (C=O) groups excluding carboxylic acids is 3. The summed E-state index contributed by atoms with van der Waals surface area (Å²) in [4.78, 5) is 55.6. The van der Waals surface area contributed by atoms with Crippen LogP contribution in [-0.2, 0) is 24.4 Å². The summed E-state index contributed by atoms with van der Waals surface area (Å²) in [6.45, 7) is 3.78. The molecule has 3 amide bonds. The molecule has 1 aromatic carbocycles. The van der Waals surface area contributed by atoms with Gasteiger partial charge in [0.1, 0.15) is 35.8 Å². The summed E-state index contributed by atoms with van der Waals surface area (Å²) in [5, 5.41) is 7.18. The molecule has 3 N–H and O–H groups in total. The van der Waals surface area contributed by atoms with E-state index < -0.39 is 50.8 Å². The van der Waals surface area contributed by atoms with Crippen LogP contribution >= 0.6 is 34.2 Å². The molecule has 256 valence electrons. The molecule has 3 fully saturated rings. The molecule has 1 saturated heterocycles. The van der Waals surface area contributed by atoms with E-state index in [0.717, 1.165) is 5.39 Å². The largest absolute Gasteiger partial charge is 0.494 e. The summed E-state index contributed by atoms with van der Waals surface area (Å²) in [6.07, 6.45) is 6.64. The number of sulfonamides is 1. The highest BCUT2D eigenvalue weighted by Gasteiger charge is 2.62. The molecule has 0 bridgehead atoms. The number of methoxy groups -OCH3 is 1. The smallest absolute Gasteiger partial charge is 0.260 e. The molecule has 5 atom stereocenters. The third-order valence-corrected chi connectivity index (χ3v) is 12.3. The summed E-state index contributed by atoms with van der Waals surface area (Å²) in [5.41, 5.74) is -0.893. The van der Waals surface area contributed by atoms with Crippen molar-refractivity contribution >= 4 is 78.4 Å². The quantitative estimate of drug-likeness (QED) is 0.181. The van der Waals surface area contributed by atoms with Crippen LogP contribution < -0.4 is 24.8 Å². The van der Waals surface area contributed by atoms with E-state index in [0.29, 0.717) is 34.7 Å². The summed E-state index contributed by atoms with van der Waals surface area (Å²) >= 11 is 8.34. The first-order valence-corrected chi connectivity index (χ1v) is 18.6. The van der Waals surface area contributed by atoms with Gasteiger partial charge in [-0.05, 0) is 43.4 Å². The Morgan fingerprint density at radius 2 is 1.83 bits per heavy atom. The third kappa shape index (κ3) is 6.96. The van der Waals surface area contributed by atoms with Crippen molar-refractivity contribution in [3.05, 3.63) is 48.1 Å². The molecule has 3 aliphatic rings. The van der Waals surface area contributed by atoms with Gasteiger partial charge < -0.3 is 25.0 Å². The number of alkyl halides is 1. The minimum atomic E-state index is -3.83. The molecule has 3 heterocycles. The van der Waals surface area contributed by atoms with Gasteiger partial charge in [-0.15, -0.1) is 0 Å². The molecule has 6 rings (SSSR count). The van der Waals surface area contributed by atoms with Crippen molar-refractivity contribution in [2.45, 2.75) is 72.4 Å². The molecule has 1 unspecified atom stereocenters. The van der Waals surface area contributed by atoms with E-state index in [-0.39, 0.29) is 41.0 Å². The van der Waals surface area contributed by atoms with Gasteiger partial charge in [0.25, 0.3) is 5.91 Å². The number of benzene rings is 1. The third-order valence-electron chi connectivity index (χ3n) is 8.76. The van der Waals surface area contributed by atoms with E-state index in [1.165, 1.54) is 24.5 Å². The topological polar surface area (TPSA) is 182 Å². The number of likely N-dealkylation sites (tertiary alicyclic amines) is 1. The number of nitrogens with one attached hydrogen (secondary N) is 3. The first kappa shape index (κ1) is 34.4. The van der Waals surface area contributed by atoms with Gasteiger partial charge in [0, 0.05) is 26.1 Å². The summed E-state index contributed by atoms with van der Waals surface area (Å²) in [6, 6.07) is 3.42. The van der Waals surface area contributed by atoms with Crippen LogP contribution in [0, 0.1) is 5.92 Å². The molecule has 2 aromatic heterocycles. The lowest BCUT2D eigenvalue weighted by molar-refractivity contribution is -0.140. The zero-order chi connectivity index (χ0) is 34.4. The van der Waals surface area contributed by atoms with Crippen LogP contribution in [0.1, 0.15) is 39.5 Å². The molecule has 17 heteroatoms. The molecule has 2 aliphatic carbocycles. The maximum atomic E-state index is 14.3. The van der Waals surface area contributed by atoms with Crippen LogP contribution in [0.3, 0.4) is 0 Å². The standard InChI is InChI=1S/C31H35ClIN7O7S/c1-16(2)26(37-18-11-34-15-35-12-18)29(42)40-14-19(47-28-22-8-17(32)4-7-21(22)24(46-3)13-36-28)9-23(40)27(41)38-31(10-25(31)33)30(43)39-48(44,45)20-5-6-20/h4,7-8,11-13,15-16,19-20,23,25-26,37H,5-6,9-10,14H2,1-3H3,(H,38,41)(H,39,43)/t19-,23+,25-,26?,31-/m1/s1. The first-order valence-electron chi connectivity index (χ1n) is 15.5. The van der Waals surface area contributed by atoms with E-state index in [1.807, 2.05) is 36.4 Å². The second kappa shape index (κ2) is 13.4. The zero-order valence-electron chi connectivity index (χ0n) is 26.4. The highest BCUT2D eigenvalue weighted by molar-refractivity contribution is 14.1. The Hall–Kier alpha value is -3.51. The molecule has 3 aromatic rings. The van der Waals surface area contributed by atoms with Crippen molar-refractivity contribution in [1.29, 1.82) is 0 Å². The summed E-state index contributed by atoms with van der Waals surface area (Å²) < 4.78 is 38.8. The minimum Gasteiger partial charge on any atom is -0.494 e. The Labute approximate surface area is 296 Å². The van der Waals surface area contributed by atoms with Crippen molar-refractivity contribution in [2.75, 3.05) is 19.0 Å². The van der Waals surface area contributed by atoms with E-state index in [4.69, 9.17) is 21.1 Å². The van der Waals surface area contributed by atoms with E-state index >= 15 is 0 Å². The number of halogens is 2. The number of aromatic nitrogens is 3. The predicted molar refractivity (Wildman–Crippen MR) is 186 cm³/mol. The normalized spacial score (nSPS) is 24.2. The number of nitrogens with zero attached hydrogens (tertiary/aromatic N) is 4. The lowest BCUT2D eigenvalue weighted by Crippen LogP contribution is -2.58. The second-order valence-corrected chi connectivity index (χ2v) is 16.5. The van der Waals surface area contributed by atoms with Crippen LogP contribution in [0.4, 0.5) is 5.69 Å². The van der Waals surface area contributed by atoms with Gasteiger partial charge in [0.05, 0.1) is 43.2 Å². The number of pyridine rings is 1. The second-order valence-electron chi connectivity index (χ2n) is 12.6. The molecular weight excluding hydrogens is 777 g/mol. The zero-order valence-corrected chi connectivity index (χ0v) is 30.1. The Kier molecular flexibility index (Phi) is 9.61. The van der Waals surface area contributed by atoms with Crippen molar-refractivity contribution in [3.8, 4) is 11.6 Å². The SMILES string of the molecule is COc1cnc(O[C@@H]2C[C@@H](C(=O)N[C@]3(C(=O)NS(=O)(=O)C4CC4)C[C@H]3I)N(C(=O)C(Nc3cncnc3)C(C)C)C2)c2cc(Cl)ccc12. The van der Waals surface area contributed by atoms with Gasteiger partial charge in [-0.1, -0.05) is 48.0 Å². The van der Waals surface area contributed by atoms with Gasteiger partial charge in [0.15, 0.2) is 0 Å². The van der Waals surface area contributed by atoms with Gasteiger partial charge in [-0.3, -0.25) is 19.1 Å². The number of ether oxygens (including phenoxy) is 2. The fourth-order valence-corrected chi connectivity index (χ4v) is 8.50. The Bertz CT molecular complexity index is 1850. The lowest BCUT2D eigenvalue weighted by Gasteiger charge is -2.31. The Morgan fingerprint density at radius 3 is 2.46 bits per heavy atom. The van der Waals surface area contributed by atoms with Crippen LogP contribution in [0.15, 0.2) is 43.1 Å². The van der Waals surface area contributed by atoms with E-state index in [9.17, 15) is 22.8 Å². The van der Waals surface area contributed by atoms with Gasteiger partial charge in [-0.25, -0.2) is 23.4 Å². The van der Waals surface area contributed by atoms with Crippen LogP contribution in [0.5, 0.6) is 11.6 Å². The van der Waals surface area contributed by atoms with Gasteiger partial charge in [-0.2, -0.15) is 0 Å². The number of fused-ring (bicyclic) bond motifs is 1. The van der Waals surface area contributed by atoms with Crippen molar-refractivity contribution in [1.82, 2.24) is 29.9 Å². The number of hydrogen-bond acceptors (Lipinski definition) is 11. The highest BCUT2D eigenvalue weighted by atomic mass is 127. The molecular formula is C31H35ClIN7O7S. The summed E-state index contributed by atoms with van der Waals surface area (Å²) in [5.74, 6) is -1.16. The fraction of sp³-hybridized carbons (Fsp3) is 0.484. The molecule has 48 heavy (non-hydrogen) atoms. The molecule has 1 aliphatic heterocycles. The molecule has 0 spiro atoms. The highest BCUT2D eigenvalue weighted by Crippen LogP contribution is 2.44. The molecule has 14 nitrogen and oxygen atoms in total. The average Bonchev–Trinajstić information content (AvgIpc) is 3.97. The number of hydrogen-bond donors (Lipinski definition) is 3. The first-order chi connectivity index (χ1) is 22.8. The van der Waals surface area contributed by atoms with Crippen molar-refractivity contribution < 1.29 is 32.3 Å². The number of rotatable bonds is 12. The van der Waals surface area contributed by atoms with E-state index in [2.05, 4.69) is 30.3 Å². The van der Waals surface area contributed by atoms with E-state index in [1.54, 1.807) is 30.6 Å². The van der Waals surface area contributed by atoms with Crippen LogP contribution in [0.25, 0.3) is 10.8 Å². The number of amides is 3. The molecule has 2 saturated carbocycles.